The molecule has 0 radical (unpaired) electrons. The van der Waals surface area contributed by atoms with Crippen molar-refractivity contribution in [2.24, 2.45) is 5.73 Å². The normalized spacial score (nSPS) is 16.6. The number of anilines is 2. The van der Waals surface area contributed by atoms with Crippen molar-refractivity contribution in [3.63, 3.8) is 0 Å². The second-order valence-corrected chi connectivity index (χ2v) is 4.72. The lowest BCUT2D eigenvalue weighted by Gasteiger charge is -2.36. The quantitative estimate of drug-likeness (QED) is 0.756. The van der Waals surface area contributed by atoms with E-state index in [0.29, 0.717) is 11.4 Å². The third kappa shape index (κ3) is 2.68. The summed E-state index contributed by atoms with van der Waals surface area (Å²) in [5, 5.41) is 5.45. The van der Waals surface area contributed by atoms with Gasteiger partial charge in [-0.1, -0.05) is 0 Å². The van der Waals surface area contributed by atoms with E-state index in [-0.39, 0.29) is 11.8 Å². The van der Waals surface area contributed by atoms with Crippen molar-refractivity contribution < 1.29 is 9.59 Å². The molecule has 0 aliphatic heterocycles. The van der Waals surface area contributed by atoms with Crippen LogP contribution in [0.25, 0.3) is 0 Å². The Morgan fingerprint density at radius 2 is 1.61 bits per heavy atom. The van der Waals surface area contributed by atoms with Crippen molar-refractivity contribution in [2.75, 3.05) is 10.6 Å². The molecule has 0 unspecified atom stereocenters. The molecule has 1 aliphatic carbocycles. The third-order valence-corrected chi connectivity index (χ3v) is 3.16. The van der Waals surface area contributed by atoms with E-state index in [0.717, 1.165) is 19.3 Å². The van der Waals surface area contributed by atoms with Gasteiger partial charge in [-0.3, -0.25) is 9.59 Å². The predicted molar refractivity (Wildman–Crippen MR) is 70.1 cm³/mol. The molecule has 5 nitrogen and oxygen atoms in total. The van der Waals surface area contributed by atoms with E-state index >= 15 is 0 Å². The molecule has 1 aromatic carbocycles. The molecule has 0 atom stereocenters. The van der Waals surface area contributed by atoms with Crippen LogP contribution in [-0.4, -0.2) is 17.4 Å². The molecular formula is C13H17N3O2. The SMILES string of the molecule is CC(=O)Nc1ccc(NC(=O)C2(N)CCC2)cc1. The zero-order valence-electron chi connectivity index (χ0n) is 10.3. The lowest BCUT2D eigenvalue weighted by molar-refractivity contribution is -0.123. The summed E-state index contributed by atoms with van der Waals surface area (Å²) in [4.78, 5) is 22.7. The highest BCUT2D eigenvalue weighted by atomic mass is 16.2. The van der Waals surface area contributed by atoms with Crippen molar-refractivity contribution in [2.45, 2.75) is 31.7 Å². The van der Waals surface area contributed by atoms with E-state index < -0.39 is 5.54 Å². The van der Waals surface area contributed by atoms with Crippen LogP contribution >= 0.6 is 0 Å². The van der Waals surface area contributed by atoms with Gasteiger partial charge in [-0.15, -0.1) is 0 Å². The summed E-state index contributed by atoms with van der Waals surface area (Å²) in [7, 11) is 0. The minimum absolute atomic E-state index is 0.123. The van der Waals surface area contributed by atoms with Gasteiger partial charge in [-0.2, -0.15) is 0 Å². The number of benzene rings is 1. The maximum absolute atomic E-state index is 11.9. The number of hydrogen-bond acceptors (Lipinski definition) is 3. The molecule has 2 rings (SSSR count). The predicted octanol–water partition coefficient (Wildman–Crippen LogP) is 1.46. The molecule has 96 valence electrons. The average Bonchev–Trinajstić information content (AvgIpc) is 2.28. The summed E-state index contributed by atoms with van der Waals surface area (Å²) < 4.78 is 0. The zero-order chi connectivity index (χ0) is 13.2. The Bertz CT molecular complexity index is 464. The first-order valence-corrected chi connectivity index (χ1v) is 5.98. The summed E-state index contributed by atoms with van der Waals surface area (Å²) in [6.45, 7) is 1.45. The lowest BCUT2D eigenvalue weighted by Crippen LogP contribution is -2.56. The molecule has 18 heavy (non-hydrogen) atoms. The topological polar surface area (TPSA) is 84.2 Å². The Kier molecular flexibility index (Phi) is 3.34. The Morgan fingerprint density at radius 3 is 2.00 bits per heavy atom. The summed E-state index contributed by atoms with van der Waals surface area (Å²) in [5.74, 6) is -0.261. The van der Waals surface area contributed by atoms with Gasteiger partial charge < -0.3 is 16.4 Å². The van der Waals surface area contributed by atoms with Gasteiger partial charge in [0.1, 0.15) is 0 Å². The van der Waals surface area contributed by atoms with Crippen LogP contribution in [0, 0.1) is 0 Å². The number of rotatable bonds is 3. The molecule has 0 spiro atoms. The maximum atomic E-state index is 11.9. The summed E-state index contributed by atoms with van der Waals surface area (Å²) in [6.07, 6.45) is 2.48. The smallest absolute Gasteiger partial charge is 0.244 e. The highest BCUT2D eigenvalue weighted by Crippen LogP contribution is 2.30. The lowest BCUT2D eigenvalue weighted by atomic mass is 9.77. The molecular weight excluding hydrogens is 230 g/mol. The van der Waals surface area contributed by atoms with Crippen LogP contribution in [0.2, 0.25) is 0 Å². The number of hydrogen-bond donors (Lipinski definition) is 3. The van der Waals surface area contributed by atoms with Gasteiger partial charge in [0.25, 0.3) is 0 Å². The van der Waals surface area contributed by atoms with E-state index in [4.69, 9.17) is 5.73 Å². The van der Waals surface area contributed by atoms with Gasteiger partial charge in [-0.25, -0.2) is 0 Å². The van der Waals surface area contributed by atoms with Gasteiger partial charge >= 0.3 is 0 Å². The Labute approximate surface area is 106 Å². The molecule has 4 N–H and O–H groups in total. The summed E-state index contributed by atoms with van der Waals surface area (Å²) in [6, 6.07) is 6.96. The number of nitrogens with one attached hydrogen (secondary N) is 2. The molecule has 2 amide bonds. The second kappa shape index (κ2) is 4.78. The van der Waals surface area contributed by atoms with E-state index in [1.165, 1.54) is 6.92 Å². The van der Waals surface area contributed by atoms with Crippen molar-refractivity contribution in [1.29, 1.82) is 0 Å². The minimum atomic E-state index is -0.698. The van der Waals surface area contributed by atoms with Gasteiger partial charge in [-0.05, 0) is 43.5 Å². The average molecular weight is 247 g/mol. The van der Waals surface area contributed by atoms with Gasteiger partial charge in [0.05, 0.1) is 5.54 Å². The van der Waals surface area contributed by atoms with Crippen molar-refractivity contribution in [1.82, 2.24) is 0 Å². The molecule has 1 fully saturated rings. The summed E-state index contributed by atoms with van der Waals surface area (Å²) in [5.41, 5.74) is 6.61. The fourth-order valence-electron chi connectivity index (χ4n) is 1.88. The van der Waals surface area contributed by atoms with E-state index in [9.17, 15) is 9.59 Å². The first-order chi connectivity index (χ1) is 8.49. The monoisotopic (exact) mass is 247 g/mol. The van der Waals surface area contributed by atoms with Crippen molar-refractivity contribution >= 4 is 23.2 Å². The second-order valence-electron chi connectivity index (χ2n) is 4.72. The van der Waals surface area contributed by atoms with E-state index in [1.54, 1.807) is 24.3 Å². The van der Waals surface area contributed by atoms with Crippen molar-refractivity contribution in [3.05, 3.63) is 24.3 Å². The van der Waals surface area contributed by atoms with E-state index in [2.05, 4.69) is 10.6 Å². The third-order valence-electron chi connectivity index (χ3n) is 3.16. The minimum Gasteiger partial charge on any atom is -0.326 e. The maximum Gasteiger partial charge on any atom is 0.244 e. The Hall–Kier alpha value is -1.88. The fraction of sp³-hybridized carbons (Fsp3) is 0.385. The van der Waals surface area contributed by atoms with Gasteiger partial charge in [0.2, 0.25) is 11.8 Å². The van der Waals surface area contributed by atoms with Gasteiger partial charge in [0, 0.05) is 18.3 Å². The highest BCUT2D eigenvalue weighted by Gasteiger charge is 2.40. The van der Waals surface area contributed by atoms with Crippen LogP contribution in [0.5, 0.6) is 0 Å². The van der Waals surface area contributed by atoms with Crippen LogP contribution in [0.4, 0.5) is 11.4 Å². The Balaban J connectivity index is 1.97. The number of nitrogens with two attached hydrogens (primary N) is 1. The van der Waals surface area contributed by atoms with Crippen LogP contribution in [0.1, 0.15) is 26.2 Å². The van der Waals surface area contributed by atoms with Crippen LogP contribution in [-0.2, 0) is 9.59 Å². The largest absolute Gasteiger partial charge is 0.326 e. The molecule has 1 aromatic rings. The van der Waals surface area contributed by atoms with Crippen LogP contribution < -0.4 is 16.4 Å². The molecule has 0 bridgehead atoms. The number of carbonyl (C=O) groups is 2. The molecule has 1 saturated carbocycles. The zero-order valence-corrected chi connectivity index (χ0v) is 10.3. The van der Waals surface area contributed by atoms with Crippen LogP contribution in [0.3, 0.4) is 0 Å². The highest BCUT2D eigenvalue weighted by molar-refractivity contribution is 5.98. The van der Waals surface area contributed by atoms with Crippen molar-refractivity contribution in [3.8, 4) is 0 Å². The molecule has 0 aromatic heterocycles. The molecule has 0 heterocycles. The molecule has 0 saturated heterocycles. The number of amides is 2. The number of carbonyl (C=O) groups excluding carboxylic acids is 2. The first kappa shape index (κ1) is 12.6. The Morgan fingerprint density at radius 1 is 1.11 bits per heavy atom. The fourth-order valence-corrected chi connectivity index (χ4v) is 1.88. The standard InChI is InChI=1S/C13H17N3O2/c1-9(17)15-10-3-5-11(6-4-10)16-12(18)13(14)7-2-8-13/h3-6H,2,7-8,14H2,1H3,(H,15,17)(H,16,18). The summed E-state index contributed by atoms with van der Waals surface area (Å²) >= 11 is 0. The van der Waals surface area contributed by atoms with Gasteiger partial charge in [0.15, 0.2) is 0 Å². The van der Waals surface area contributed by atoms with Crippen LogP contribution in [0.15, 0.2) is 24.3 Å². The molecule has 1 aliphatic rings. The molecule has 5 heteroatoms. The van der Waals surface area contributed by atoms with E-state index in [1.807, 2.05) is 0 Å². The first-order valence-electron chi connectivity index (χ1n) is 5.98.